The number of carboxylic acids is 1. The summed E-state index contributed by atoms with van der Waals surface area (Å²) < 4.78 is 5.28. The molecule has 0 radical (unpaired) electrons. The number of ether oxygens (including phenoxy) is 1. The van der Waals surface area contributed by atoms with Crippen molar-refractivity contribution in [2.75, 3.05) is 4.90 Å². The van der Waals surface area contributed by atoms with Gasteiger partial charge in [0, 0.05) is 19.0 Å². The van der Waals surface area contributed by atoms with Crippen LogP contribution in [0.15, 0.2) is 18.3 Å². The zero-order valence-electron chi connectivity index (χ0n) is 19.6. The number of alkyl carbamates (subject to hydrolysis) is 1. The number of aromatic amines is 1. The molecule has 2 aromatic heterocycles. The Balaban J connectivity index is 1.83. The molecular weight excluding hydrogens is 460 g/mol. The van der Waals surface area contributed by atoms with E-state index in [1.54, 1.807) is 32.9 Å². The smallest absolute Gasteiger partial charge is 0.408 e. The molecule has 35 heavy (non-hydrogen) atoms. The van der Waals surface area contributed by atoms with Crippen molar-refractivity contribution >= 4 is 29.7 Å². The zero-order valence-corrected chi connectivity index (χ0v) is 19.6. The number of amides is 3. The topological polar surface area (TPSA) is 192 Å². The number of anilines is 1. The molecule has 1 aliphatic heterocycles. The van der Waals surface area contributed by atoms with Crippen LogP contribution in [-0.4, -0.2) is 72.3 Å². The maximum Gasteiger partial charge on any atom is 0.408 e. The van der Waals surface area contributed by atoms with Gasteiger partial charge in [-0.2, -0.15) is 5.21 Å². The summed E-state index contributed by atoms with van der Waals surface area (Å²) in [4.78, 5) is 55.7. The lowest BCUT2D eigenvalue weighted by Gasteiger charge is -2.29. The predicted octanol–water partition coefficient (Wildman–Crippen LogP) is 0.317. The Morgan fingerprint density at radius 1 is 1.31 bits per heavy atom. The Morgan fingerprint density at radius 2 is 2.09 bits per heavy atom. The summed E-state index contributed by atoms with van der Waals surface area (Å²) in [5.41, 5.74) is -0.125. The maximum absolute atomic E-state index is 13.7. The van der Waals surface area contributed by atoms with E-state index in [0.29, 0.717) is 11.4 Å². The first-order valence-electron chi connectivity index (χ1n) is 11.0. The number of carbonyl (C=O) groups excluding carboxylic acids is 3. The number of pyridine rings is 1. The molecule has 188 valence electrons. The third-order valence-electron chi connectivity index (χ3n) is 5.04. The van der Waals surface area contributed by atoms with Gasteiger partial charge in [0.05, 0.1) is 6.54 Å². The molecule has 4 N–H and O–H groups in total. The normalized spacial score (nSPS) is 15.7. The van der Waals surface area contributed by atoms with Crippen LogP contribution in [0.4, 0.5) is 10.6 Å². The number of nitrogens with one attached hydrogen (secondary N) is 3. The van der Waals surface area contributed by atoms with Crippen molar-refractivity contribution in [1.29, 1.82) is 0 Å². The van der Waals surface area contributed by atoms with E-state index in [9.17, 15) is 19.2 Å². The molecule has 2 aromatic rings. The third-order valence-corrected chi connectivity index (χ3v) is 5.04. The van der Waals surface area contributed by atoms with Crippen LogP contribution < -0.4 is 15.5 Å². The lowest BCUT2D eigenvalue weighted by molar-refractivity contribution is -0.137. The summed E-state index contributed by atoms with van der Waals surface area (Å²) in [7, 11) is 0. The molecule has 14 heteroatoms. The number of aliphatic carboxylic acids is 1. The summed E-state index contributed by atoms with van der Waals surface area (Å²) in [6.45, 7) is 5.03. The Hall–Kier alpha value is -4.10. The average Bonchev–Trinajstić information content (AvgIpc) is 3.42. The van der Waals surface area contributed by atoms with Gasteiger partial charge in [-0.25, -0.2) is 9.78 Å². The number of carbonyl (C=O) groups is 4. The van der Waals surface area contributed by atoms with E-state index in [4.69, 9.17) is 9.84 Å². The second-order valence-electron chi connectivity index (χ2n) is 8.94. The van der Waals surface area contributed by atoms with Gasteiger partial charge < -0.3 is 20.5 Å². The summed E-state index contributed by atoms with van der Waals surface area (Å²) in [5.74, 6) is -1.53. The quantitative estimate of drug-likeness (QED) is 0.382. The summed E-state index contributed by atoms with van der Waals surface area (Å²) in [6.07, 6.45) is 0.841. The molecule has 1 unspecified atom stereocenters. The van der Waals surface area contributed by atoms with Gasteiger partial charge in [-0.1, -0.05) is 11.3 Å². The largest absolute Gasteiger partial charge is 0.481 e. The molecule has 1 aliphatic rings. The minimum atomic E-state index is -1.13. The van der Waals surface area contributed by atoms with Gasteiger partial charge in [0.25, 0.3) is 5.91 Å². The van der Waals surface area contributed by atoms with Crippen molar-refractivity contribution in [2.45, 2.75) is 70.7 Å². The van der Waals surface area contributed by atoms with E-state index in [1.807, 2.05) is 0 Å². The van der Waals surface area contributed by atoms with Crippen LogP contribution in [0.3, 0.4) is 0 Å². The molecule has 0 aromatic carbocycles. The molecule has 0 spiro atoms. The molecule has 14 nitrogen and oxygen atoms in total. The van der Waals surface area contributed by atoms with E-state index in [2.05, 4.69) is 36.2 Å². The van der Waals surface area contributed by atoms with Crippen molar-refractivity contribution in [3.63, 3.8) is 0 Å². The minimum absolute atomic E-state index is 0.00413. The number of nitrogens with zero attached hydrogens (tertiary/aromatic N) is 5. The second-order valence-corrected chi connectivity index (χ2v) is 8.94. The van der Waals surface area contributed by atoms with Gasteiger partial charge in [-0.05, 0) is 45.2 Å². The highest BCUT2D eigenvalue weighted by atomic mass is 16.6. The van der Waals surface area contributed by atoms with Crippen LogP contribution in [0.1, 0.15) is 51.4 Å². The SMILES string of the molecule is CC(C)(C)OC(=O)NC(CCCC(=O)O)C(=O)N1c2ncccc2C[C@H]1C(=O)NCc1nn[nH]n1. The monoisotopic (exact) mass is 488 g/mol. The number of hydrogen-bond donors (Lipinski definition) is 4. The number of carboxylic acid groups (broad SMARTS) is 1. The number of rotatable bonds is 9. The van der Waals surface area contributed by atoms with Crippen molar-refractivity contribution in [3.8, 4) is 0 Å². The highest BCUT2D eigenvalue weighted by Crippen LogP contribution is 2.31. The predicted molar refractivity (Wildman–Crippen MR) is 120 cm³/mol. The van der Waals surface area contributed by atoms with Gasteiger partial charge in [-0.15, -0.1) is 10.2 Å². The van der Waals surface area contributed by atoms with Gasteiger partial charge in [0.1, 0.15) is 23.5 Å². The number of hydrogen-bond acceptors (Lipinski definition) is 9. The van der Waals surface area contributed by atoms with Gasteiger partial charge >= 0.3 is 12.1 Å². The molecule has 0 aliphatic carbocycles. The molecule has 3 heterocycles. The molecular formula is C21H28N8O6. The summed E-state index contributed by atoms with van der Waals surface area (Å²) >= 11 is 0. The first-order valence-corrected chi connectivity index (χ1v) is 11.0. The molecule has 0 bridgehead atoms. The summed E-state index contributed by atoms with van der Waals surface area (Å²) in [6, 6.07) is 1.38. The number of tetrazole rings is 1. The fourth-order valence-corrected chi connectivity index (χ4v) is 3.60. The van der Waals surface area contributed by atoms with Gasteiger partial charge in [0.15, 0.2) is 5.82 Å². The Bertz CT molecular complexity index is 1070. The lowest BCUT2D eigenvalue weighted by Crippen LogP contribution is -2.55. The Labute approximate surface area is 200 Å². The van der Waals surface area contributed by atoms with E-state index >= 15 is 0 Å². The number of H-pyrrole nitrogens is 1. The van der Waals surface area contributed by atoms with E-state index in [0.717, 1.165) is 0 Å². The molecule has 3 amide bonds. The van der Waals surface area contributed by atoms with Crippen molar-refractivity contribution in [2.24, 2.45) is 0 Å². The fraction of sp³-hybridized carbons (Fsp3) is 0.524. The average molecular weight is 489 g/mol. The minimum Gasteiger partial charge on any atom is -0.481 e. The first kappa shape index (κ1) is 25.5. The third kappa shape index (κ3) is 6.94. The van der Waals surface area contributed by atoms with E-state index < -0.39 is 41.6 Å². The zero-order chi connectivity index (χ0) is 25.6. The fourth-order valence-electron chi connectivity index (χ4n) is 3.60. The van der Waals surface area contributed by atoms with Gasteiger partial charge in [-0.3, -0.25) is 19.3 Å². The Kier molecular flexibility index (Phi) is 7.94. The highest BCUT2D eigenvalue weighted by molar-refractivity contribution is 6.05. The van der Waals surface area contributed by atoms with Crippen LogP contribution in [0.2, 0.25) is 0 Å². The van der Waals surface area contributed by atoms with Gasteiger partial charge in [0.2, 0.25) is 5.91 Å². The van der Waals surface area contributed by atoms with E-state index in [-0.39, 0.29) is 38.1 Å². The van der Waals surface area contributed by atoms with Crippen molar-refractivity contribution in [1.82, 2.24) is 36.2 Å². The van der Waals surface area contributed by atoms with Crippen molar-refractivity contribution < 1.29 is 29.0 Å². The first-order chi connectivity index (χ1) is 16.5. The van der Waals surface area contributed by atoms with Crippen LogP contribution >= 0.6 is 0 Å². The van der Waals surface area contributed by atoms with Crippen LogP contribution in [-0.2, 0) is 32.1 Å². The maximum atomic E-state index is 13.7. The van der Waals surface area contributed by atoms with Crippen LogP contribution in [0.25, 0.3) is 0 Å². The lowest BCUT2D eigenvalue weighted by atomic mass is 10.1. The van der Waals surface area contributed by atoms with Crippen LogP contribution in [0.5, 0.6) is 0 Å². The molecule has 0 fully saturated rings. The van der Waals surface area contributed by atoms with Crippen molar-refractivity contribution in [3.05, 3.63) is 29.7 Å². The number of aromatic nitrogens is 5. The second kappa shape index (κ2) is 10.9. The highest BCUT2D eigenvalue weighted by Gasteiger charge is 2.42. The molecule has 2 atom stereocenters. The summed E-state index contributed by atoms with van der Waals surface area (Å²) in [5, 5.41) is 27.5. The molecule has 0 saturated carbocycles. The van der Waals surface area contributed by atoms with E-state index in [1.165, 1.54) is 11.1 Å². The number of fused-ring (bicyclic) bond motifs is 1. The Morgan fingerprint density at radius 3 is 2.74 bits per heavy atom. The molecule has 3 rings (SSSR count). The molecule has 0 saturated heterocycles. The standard InChI is InChI=1S/C21H28N8O6/c1-21(2,3)35-20(34)24-13(7-4-8-16(30)31)19(33)29-14(10-12-6-5-9-22-17(12)29)18(32)23-11-15-25-27-28-26-15/h5-6,9,13-14H,4,7-8,10-11H2,1-3H3,(H,23,32)(H,24,34)(H,30,31)(H,25,26,27,28)/t13?,14-/m0/s1. The van der Waals surface area contributed by atoms with Crippen LogP contribution in [0, 0.1) is 0 Å².